The van der Waals surface area contributed by atoms with E-state index in [4.69, 9.17) is 4.74 Å². The van der Waals surface area contributed by atoms with Gasteiger partial charge < -0.3 is 14.5 Å². The number of hydrogen-bond donors (Lipinski definition) is 2. The number of piperazine rings is 1. The van der Waals surface area contributed by atoms with Crippen molar-refractivity contribution in [3.63, 3.8) is 0 Å². The fraction of sp³-hybridized carbons (Fsp3) is 0.368. The van der Waals surface area contributed by atoms with Gasteiger partial charge in [0.1, 0.15) is 50.8 Å². The van der Waals surface area contributed by atoms with Crippen LogP contribution in [-0.4, -0.2) is 33.3 Å². The fourth-order valence-electron chi connectivity index (χ4n) is 3.32. The number of nitrogens with one attached hydrogen (secondary N) is 2. The van der Waals surface area contributed by atoms with E-state index in [1.54, 1.807) is 29.0 Å². The summed E-state index contributed by atoms with van der Waals surface area (Å²) in [7, 11) is 1.71. The minimum absolute atomic E-state index is 0.135. The molecule has 2 aromatic rings. The molecule has 0 aromatic heterocycles. The van der Waals surface area contributed by atoms with Gasteiger partial charge in [0.2, 0.25) is 0 Å². The van der Waals surface area contributed by atoms with Crippen LogP contribution in [0.4, 0.5) is 4.39 Å². The van der Waals surface area contributed by atoms with Crippen LogP contribution in [0.15, 0.2) is 48.5 Å². The van der Waals surface area contributed by atoms with Gasteiger partial charge in [-0.1, -0.05) is 24.3 Å². The molecule has 0 radical (unpaired) electrons. The monoisotopic (exact) mass is 316 g/mol. The van der Waals surface area contributed by atoms with Gasteiger partial charge in [0.25, 0.3) is 0 Å². The summed E-state index contributed by atoms with van der Waals surface area (Å²) in [6.45, 7) is 6.55. The van der Waals surface area contributed by atoms with Crippen LogP contribution in [0.2, 0.25) is 0 Å². The zero-order valence-electron chi connectivity index (χ0n) is 13.6. The van der Waals surface area contributed by atoms with E-state index in [0.717, 1.165) is 50.6 Å². The summed E-state index contributed by atoms with van der Waals surface area (Å²) in [6, 6.07) is 15.3. The lowest BCUT2D eigenvalue weighted by molar-refractivity contribution is -1.02. The van der Waals surface area contributed by atoms with Crippen LogP contribution in [-0.2, 0) is 13.1 Å². The summed E-state index contributed by atoms with van der Waals surface area (Å²) in [5, 5.41) is 0. The van der Waals surface area contributed by atoms with Gasteiger partial charge in [-0.2, -0.15) is 0 Å². The molecule has 0 saturated carbocycles. The van der Waals surface area contributed by atoms with Crippen molar-refractivity contribution in [2.75, 3.05) is 33.3 Å². The zero-order valence-corrected chi connectivity index (χ0v) is 13.6. The van der Waals surface area contributed by atoms with Crippen LogP contribution in [0, 0.1) is 5.82 Å². The van der Waals surface area contributed by atoms with Crippen molar-refractivity contribution < 1.29 is 18.9 Å². The Hall–Kier alpha value is -1.91. The molecule has 1 fully saturated rings. The second-order valence-corrected chi connectivity index (χ2v) is 6.34. The summed E-state index contributed by atoms with van der Waals surface area (Å²) in [4.78, 5) is 3.16. The normalized spacial score (nSPS) is 21.1. The third-order valence-corrected chi connectivity index (χ3v) is 4.60. The Morgan fingerprint density at radius 3 is 2.00 bits per heavy atom. The molecule has 0 aliphatic carbocycles. The topological polar surface area (TPSA) is 18.1 Å². The van der Waals surface area contributed by atoms with Crippen LogP contribution >= 0.6 is 0 Å². The number of quaternary nitrogens is 2. The smallest absolute Gasteiger partial charge is 0.127 e. The van der Waals surface area contributed by atoms with Crippen LogP contribution in [0.3, 0.4) is 0 Å². The lowest BCUT2D eigenvalue weighted by atomic mass is 10.1. The van der Waals surface area contributed by atoms with Crippen molar-refractivity contribution in [3.8, 4) is 5.75 Å². The molecule has 2 N–H and O–H groups in total. The van der Waals surface area contributed by atoms with Crippen LogP contribution < -0.4 is 14.5 Å². The first-order valence-corrected chi connectivity index (χ1v) is 8.27. The fourth-order valence-corrected chi connectivity index (χ4v) is 3.32. The molecule has 3 nitrogen and oxygen atoms in total. The van der Waals surface area contributed by atoms with Crippen molar-refractivity contribution in [3.05, 3.63) is 65.5 Å². The predicted molar refractivity (Wildman–Crippen MR) is 88.2 cm³/mol. The molecule has 0 spiro atoms. The molecule has 1 aliphatic heterocycles. The number of rotatable bonds is 5. The van der Waals surface area contributed by atoms with Gasteiger partial charge in [-0.3, -0.25) is 0 Å². The molecular weight excluding hydrogens is 291 g/mol. The van der Waals surface area contributed by atoms with Gasteiger partial charge >= 0.3 is 0 Å². The Bertz CT molecular complexity index is 639. The van der Waals surface area contributed by atoms with E-state index >= 15 is 0 Å². The summed E-state index contributed by atoms with van der Waals surface area (Å²) in [5.74, 6) is 0.793. The number of ether oxygens (including phenoxy) is 1. The predicted octanol–water partition coefficient (Wildman–Crippen LogP) is 0.318. The SMILES string of the molecule is COc1cccc(C[NH+]2CC[NH+](Cc3cccc(F)c3)CC2)c1. The van der Waals surface area contributed by atoms with Crippen molar-refractivity contribution >= 4 is 0 Å². The van der Waals surface area contributed by atoms with E-state index in [-0.39, 0.29) is 5.82 Å². The lowest BCUT2D eigenvalue weighted by Gasteiger charge is -2.29. The number of benzene rings is 2. The number of methoxy groups -OCH3 is 1. The molecule has 4 heteroatoms. The van der Waals surface area contributed by atoms with Crippen LogP contribution in [0.1, 0.15) is 11.1 Å². The number of halogens is 1. The van der Waals surface area contributed by atoms with Gasteiger partial charge in [0.15, 0.2) is 0 Å². The molecule has 23 heavy (non-hydrogen) atoms. The zero-order chi connectivity index (χ0) is 16.1. The quantitative estimate of drug-likeness (QED) is 0.813. The number of hydrogen-bond acceptors (Lipinski definition) is 1. The second kappa shape index (κ2) is 7.57. The molecule has 0 atom stereocenters. The van der Waals surface area contributed by atoms with E-state index in [1.165, 1.54) is 11.6 Å². The highest BCUT2D eigenvalue weighted by Crippen LogP contribution is 2.11. The maximum absolute atomic E-state index is 13.3. The van der Waals surface area contributed by atoms with Crippen molar-refractivity contribution in [2.24, 2.45) is 0 Å². The highest BCUT2D eigenvalue weighted by atomic mass is 19.1. The standard InChI is InChI=1S/C19H23FN2O/c1-23-19-7-3-5-17(13-19)15-22-10-8-21(9-11-22)14-16-4-2-6-18(20)12-16/h2-7,12-13H,8-11,14-15H2,1H3/p+2. The van der Waals surface area contributed by atoms with Crippen molar-refractivity contribution in [1.82, 2.24) is 0 Å². The molecule has 0 bridgehead atoms. The Morgan fingerprint density at radius 2 is 1.43 bits per heavy atom. The minimum Gasteiger partial charge on any atom is -0.497 e. The lowest BCUT2D eigenvalue weighted by Crippen LogP contribution is -3.27. The molecule has 2 aromatic carbocycles. The van der Waals surface area contributed by atoms with Gasteiger partial charge in [-0.15, -0.1) is 0 Å². The Morgan fingerprint density at radius 1 is 0.870 bits per heavy atom. The molecule has 0 unspecified atom stereocenters. The first kappa shape index (κ1) is 16.0. The summed E-state index contributed by atoms with van der Waals surface area (Å²) < 4.78 is 18.6. The first-order chi connectivity index (χ1) is 11.2. The first-order valence-electron chi connectivity index (χ1n) is 8.27. The highest BCUT2D eigenvalue weighted by molar-refractivity contribution is 5.27. The Labute approximate surface area is 137 Å². The van der Waals surface area contributed by atoms with Crippen LogP contribution in [0.5, 0.6) is 5.75 Å². The molecule has 1 saturated heterocycles. The van der Waals surface area contributed by atoms with Crippen molar-refractivity contribution in [2.45, 2.75) is 13.1 Å². The molecule has 3 rings (SSSR count). The molecule has 0 amide bonds. The van der Waals surface area contributed by atoms with Gasteiger partial charge in [0.05, 0.1) is 7.11 Å². The Balaban J connectivity index is 1.50. The molecule has 1 aliphatic rings. The summed E-state index contributed by atoms with van der Waals surface area (Å²) in [6.07, 6.45) is 0. The third kappa shape index (κ3) is 4.53. The minimum atomic E-state index is -0.135. The molecular formula is C19H25FN2O+2. The molecule has 122 valence electrons. The van der Waals surface area contributed by atoms with E-state index in [0.29, 0.717) is 0 Å². The summed E-state index contributed by atoms with van der Waals surface area (Å²) in [5.41, 5.74) is 2.42. The van der Waals surface area contributed by atoms with E-state index in [2.05, 4.69) is 18.2 Å². The highest BCUT2D eigenvalue weighted by Gasteiger charge is 2.23. The average molecular weight is 316 g/mol. The summed E-state index contributed by atoms with van der Waals surface area (Å²) >= 11 is 0. The van der Waals surface area contributed by atoms with E-state index in [1.807, 2.05) is 12.1 Å². The molecule has 1 heterocycles. The van der Waals surface area contributed by atoms with Gasteiger partial charge in [-0.05, 0) is 24.3 Å². The maximum Gasteiger partial charge on any atom is 0.127 e. The van der Waals surface area contributed by atoms with Crippen LogP contribution in [0.25, 0.3) is 0 Å². The second-order valence-electron chi connectivity index (χ2n) is 6.34. The van der Waals surface area contributed by atoms with Gasteiger partial charge in [0, 0.05) is 11.1 Å². The largest absolute Gasteiger partial charge is 0.497 e. The average Bonchev–Trinajstić information content (AvgIpc) is 2.57. The van der Waals surface area contributed by atoms with Gasteiger partial charge in [-0.25, -0.2) is 4.39 Å². The van der Waals surface area contributed by atoms with E-state index < -0.39 is 0 Å². The van der Waals surface area contributed by atoms with E-state index in [9.17, 15) is 4.39 Å². The third-order valence-electron chi connectivity index (χ3n) is 4.60. The maximum atomic E-state index is 13.3. The Kier molecular flexibility index (Phi) is 5.26. The van der Waals surface area contributed by atoms with Crippen molar-refractivity contribution in [1.29, 1.82) is 0 Å².